The number of carbonyl (C=O) groups is 1. The summed E-state index contributed by atoms with van der Waals surface area (Å²) < 4.78 is 77.8. The summed E-state index contributed by atoms with van der Waals surface area (Å²) in [6.07, 6.45) is -8.76. The highest BCUT2D eigenvalue weighted by atomic mass is 19.4. The summed E-state index contributed by atoms with van der Waals surface area (Å²) in [5.41, 5.74) is -3.80. The normalized spacial score (nSPS) is 11.9. The van der Waals surface area contributed by atoms with Gasteiger partial charge in [0.05, 0.1) is 17.7 Å². The summed E-state index contributed by atoms with van der Waals surface area (Å²) in [5.74, 6) is -0.610. The van der Waals surface area contributed by atoms with Crippen LogP contribution in [-0.2, 0) is 18.9 Å². The molecule has 0 bridgehead atoms. The molecule has 0 aliphatic heterocycles. The molecule has 2 N–H and O–H groups in total. The van der Waals surface area contributed by atoms with E-state index in [2.05, 4.69) is 15.4 Å². The van der Waals surface area contributed by atoms with Crippen molar-refractivity contribution < 1.29 is 36.1 Å². The van der Waals surface area contributed by atoms with Crippen LogP contribution in [0.3, 0.4) is 0 Å². The number of alkyl halides is 6. The summed E-state index contributed by atoms with van der Waals surface area (Å²) in [5, 5.41) is 18.1. The third kappa shape index (κ3) is 6.32. The summed E-state index contributed by atoms with van der Waals surface area (Å²) >= 11 is 0. The zero-order chi connectivity index (χ0) is 21.8. The number of amides is 2. The van der Waals surface area contributed by atoms with E-state index in [1.807, 2.05) is 5.32 Å². The number of aryl methyl sites for hydroxylation is 1. The predicted molar refractivity (Wildman–Crippen MR) is 84.8 cm³/mol. The van der Waals surface area contributed by atoms with Gasteiger partial charge in [0.15, 0.2) is 0 Å². The molecular weight excluding hydrogens is 414 g/mol. The monoisotopic (exact) mass is 426 g/mol. The van der Waals surface area contributed by atoms with E-state index in [0.29, 0.717) is 12.1 Å². The molecule has 0 spiro atoms. The molecule has 0 fully saturated rings. The molecule has 0 saturated heterocycles. The van der Waals surface area contributed by atoms with Crippen LogP contribution in [0.15, 0.2) is 24.5 Å². The van der Waals surface area contributed by atoms with E-state index in [1.165, 1.54) is 0 Å². The van der Waals surface area contributed by atoms with E-state index in [0.717, 1.165) is 11.0 Å². The van der Waals surface area contributed by atoms with E-state index in [4.69, 9.17) is 0 Å². The number of hydrogen-bond donors (Lipinski definition) is 2. The van der Waals surface area contributed by atoms with Crippen LogP contribution in [-0.4, -0.2) is 32.3 Å². The molecule has 158 valence electrons. The van der Waals surface area contributed by atoms with Gasteiger partial charge in [-0.05, 0) is 29.5 Å². The van der Waals surface area contributed by atoms with Crippen LogP contribution in [0.2, 0.25) is 0 Å². The van der Waals surface area contributed by atoms with Crippen molar-refractivity contribution in [2.75, 3.05) is 11.9 Å². The maximum absolute atomic E-state index is 12.8. The molecule has 15 heteroatoms. The van der Waals surface area contributed by atoms with Crippen LogP contribution in [0.5, 0.6) is 0 Å². The van der Waals surface area contributed by atoms with E-state index in [9.17, 15) is 41.3 Å². The second kappa shape index (κ2) is 8.32. The molecule has 0 saturated carbocycles. The first-order chi connectivity index (χ1) is 13.4. The van der Waals surface area contributed by atoms with Crippen molar-refractivity contribution in [3.8, 4) is 0 Å². The quantitative estimate of drug-likeness (QED) is 0.318. The van der Waals surface area contributed by atoms with Gasteiger partial charge in [0, 0.05) is 17.3 Å². The lowest BCUT2D eigenvalue weighted by Gasteiger charge is -2.15. The standard InChI is InChI=1S/C14H12F6N6O3/c15-13(16,17)8-4-9(14(18,19)20)6-10(5-8)23-12(27)21-2-1-3-25-7-22-11(24-25)26(28)29/h4-7H,1-3H2,(H2,21,23,27). The van der Waals surface area contributed by atoms with Crippen LogP contribution in [0.25, 0.3) is 0 Å². The molecule has 1 aromatic heterocycles. The largest absolute Gasteiger partial charge is 0.490 e. The number of benzene rings is 1. The Morgan fingerprint density at radius 2 is 1.69 bits per heavy atom. The van der Waals surface area contributed by atoms with Crippen LogP contribution in [0, 0.1) is 10.1 Å². The Labute approximate surface area is 157 Å². The predicted octanol–water partition coefficient (Wildman–Crippen LogP) is 3.44. The third-order valence-corrected chi connectivity index (χ3v) is 3.38. The zero-order valence-corrected chi connectivity index (χ0v) is 14.2. The molecule has 0 unspecified atom stereocenters. The van der Waals surface area contributed by atoms with Crippen LogP contribution in [0.4, 0.5) is 42.8 Å². The lowest BCUT2D eigenvalue weighted by atomic mass is 10.1. The van der Waals surface area contributed by atoms with E-state index in [-0.39, 0.29) is 25.6 Å². The highest BCUT2D eigenvalue weighted by Gasteiger charge is 2.37. The van der Waals surface area contributed by atoms with Crippen LogP contribution >= 0.6 is 0 Å². The molecule has 0 atom stereocenters. The van der Waals surface area contributed by atoms with Gasteiger partial charge in [-0.15, -0.1) is 0 Å². The van der Waals surface area contributed by atoms with Gasteiger partial charge >= 0.3 is 24.3 Å². The fraction of sp³-hybridized carbons (Fsp3) is 0.357. The van der Waals surface area contributed by atoms with E-state index >= 15 is 0 Å². The summed E-state index contributed by atoms with van der Waals surface area (Å²) in [6, 6.07) is -0.324. The number of nitrogens with one attached hydrogen (secondary N) is 2. The van der Waals surface area contributed by atoms with Crippen molar-refractivity contribution in [1.29, 1.82) is 0 Å². The maximum atomic E-state index is 12.8. The van der Waals surface area contributed by atoms with Gasteiger partial charge in [-0.25, -0.2) is 4.79 Å². The van der Waals surface area contributed by atoms with Crippen molar-refractivity contribution >= 4 is 17.7 Å². The maximum Gasteiger partial charge on any atom is 0.490 e. The Balaban J connectivity index is 1.94. The first-order valence-corrected chi connectivity index (χ1v) is 7.74. The molecule has 0 aliphatic rings. The second-order valence-electron chi connectivity index (χ2n) is 5.59. The number of anilines is 1. The number of urea groups is 1. The van der Waals surface area contributed by atoms with Crippen LogP contribution < -0.4 is 10.6 Å². The Morgan fingerprint density at radius 1 is 1.10 bits per heavy atom. The molecule has 29 heavy (non-hydrogen) atoms. The smallest absolute Gasteiger partial charge is 0.390 e. The molecule has 1 aromatic carbocycles. The number of aromatic nitrogens is 3. The lowest BCUT2D eigenvalue weighted by molar-refractivity contribution is -0.394. The van der Waals surface area contributed by atoms with Crippen LogP contribution in [0.1, 0.15) is 17.5 Å². The van der Waals surface area contributed by atoms with Crippen molar-refractivity contribution in [3.63, 3.8) is 0 Å². The van der Waals surface area contributed by atoms with Gasteiger partial charge in [0.25, 0.3) is 0 Å². The minimum Gasteiger partial charge on any atom is -0.390 e. The Kier molecular flexibility index (Phi) is 6.28. The van der Waals surface area contributed by atoms with Gasteiger partial charge < -0.3 is 20.7 Å². The molecular formula is C14H12F6N6O3. The van der Waals surface area contributed by atoms with Gasteiger partial charge in [0.2, 0.25) is 6.33 Å². The topological polar surface area (TPSA) is 115 Å². The second-order valence-corrected chi connectivity index (χ2v) is 5.59. The highest BCUT2D eigenvalue weighted by molar-refractivity contribution is 5.89. The van der Waals surface area contributed by atoms with Crippen molar-refractivity contribution in [3.05, 3.63) is 45.8 Å². The highest BCUT2D eigenvalue weighted by Crippen LogP contribution is 2.37. The average Bonchev–Trinajstić information content (AvgIpc) is 3.06. The average molecular weight is 426 g/mol. The van der Waals surface area contributed by atoms with Gasteiger partial charge in [-0.3, -0.25) is 0 Å². The minimum absolute atomic E-state index is 0.0371. The number of nitrogens with zero attached hydrogens (tertiary/aromatic N) is 4. The number of halogens is 6. The fourth-order valence-electron chi connectivity index (χ4n) is 2.12. The summed E-state index contributed by atoms with van der Waals surface area (Å²) in [7, 11) is 0. The Bertz CT molecular complexity index is 862. The molecule has 9 nitrogen and oxygen atoms in total. The Morgan fingerprint density at radius 3 is 2.17 bits per heavy atom. The minimum atomic E-state index is -5.03. The molecule has 0 aliphatic carbocycles. The molecule has 2 amide bonds. The zero-order valence-electron chi connectivity index (χ0n) is 14.2. The molecule has 2 rings (SSSR count). The number of hydrogen-bond acceptors (Lipinski definition) is 5. The van der Waals surface area contributed by atoms with Gasteiger partial charge in [-0.1, -0.05) is 4.98 Å². The molecule has 2 aromatic rings. The van der Waals surface area contributed by atoms with Crippen molar-refractivity contribution in [1.82, 2.24) is 20.1 Å². The van der Waals surface area contributed by atoms with Crippen molar-refractivity contribution in [2.24, 2.45) is 0 Å². The van der Waals surface area contributed by atoms with Gasteiger partial charge in [-0.2, -0.15) is 31.0 Å². The summed E-state index contributed by atoms with van der Waals surface area (Å²) in [4.78, 5) is 24.8. The van der Waals surface area contributed by atoms with E-state index < -0.39 is 46.1 Å². The Hall–Kier alpha value is -3.39. The molecule has 0 radical (unpaired) electrons. The van der Waals surface area contributed by atoms with Crippen molar-refractivity contribution in [2.45, 2.75) is 25.3 Å². The number of carbonyl (C=O) groups excluding carboxylic acids is 1. The number of rotatable bonds is 6. The number of nitro groups is 1. The first kappa shape index (κ1) is 21.9. The van der Waals surface area contributed by atoms with E-state index in [1.54, 1.807) is 0 Å². The fourth-order valence-corrected chi connectivity index (χ4v) is 2.12. The summed E-state index contributed by atoms with van der Waals surface area (Å²) in [6.45, 7) is 0.0908. The molecule has 1 heterocycles. The first-order valence-electron chi connectivity index (χ1n) is 7.74. The third-order valence-electron chi connectivity index (χ3n) is 3.38. The SMILES string of the molecule is O=C(NCCCn1cnc([N+](=O)[O-])n1)Nc1cc(C(F)(F)F)cc(C(F)(F)F)c1. The van der Waals surface area contributed by atoms with Gasteiger partial charge in [0.1, 0.15) is 0 Å². The lowest BCUT2D eigenvalue weighted by Crippen LogP contribution is -2.30.